The van der Waals surface area contributed by atoms with E-state index in [1.54, 1.807) is 18.4 Å². The van der Waals surface area contributed by atoms with E-state index in [1.807, 2.05) is 35.4 Å². The maximum atomic E-state index is 5.87. The van der Waals surface area contributed by atoms with E-state index in [4.69, 9.17) is 15.3 Å². The third-order valence-corrected chi connectivity index (χ3v) is 4.63. The number of thiophene rings is 1. The van der Waals surface area contributed by atoms with Gasteiger partial charge in [0.15, 0.2) is 0 Å². The van der Waals surface area contributed by atoms with Crippen LogP contribution < -0.4 is 10.5 Å². The molecule has 2 N–H and O–H groups in total. The van der Waals surface area contributed by atoms with Crippen LogP contribution in [0.5, 0.6) is 5.75 Å². The molecule has 0 saturated carbocycles. The van der Waals surface area contributed by atoms with E-state index in [1.165, 1.54) is 10.4 Å². The molecule has 2 heterocycles. The molecule has 3 rings (SSSR count). The Labute approximate surface area is 128 Å². The van der Waals surface area contributed by atoms with Crippen LogP contribution in [0.15, 0.2) is 47.7 Å². The van der Waals surface area contributed by atoms with Crippen molar-refractivity contribution in [1.29, 1.82) is 0 Å². The molecule has 1 unspecified atom stereocenters. The van der Waals surface area contributed by atoms with Gasteiger partial charge in [0.2, 0.25) is 5.88 Å². The van der Waals surface area contributed by atoms with Gasteiger partial charge in [-0.2, -0.15) is 0 Å². The van der Waals surface area contributed by atoms with E-state index in [9.17, 15) is 0 Å². The van der Waals surface area contributed by atoms with Crippen molar-refractivity contribution in [2.45, 2.75) is 19.5 Å². The lowest BCUT2D eigenvalue weighted by Gasteiger charge is -2.23. The summed E-state index contributed by atoms with van der Waals surface area (Å²) in [5.74, 6) is 1.30. The van der Waals surface area contributed by atoms with Gasteiger partial charge in [-0.1, -0.05) is 18.2 Å². The molecular formula is C16H18N2O2S. The Hall–Kier alpha value is -1.98. The van der Waals surface area contributed by atoms with E-state index in [0.717, 1.165) is 11.3 Å². The summed E-state index contributed by atoms with van der Waals surface area (Å²) in [6.07, 6.45) is 1.95. The first-order valence-electron chi connectivity index (χ1n) is 6.77. The zero-order valence-corrected chi connectivity index (χ0v) is 12.9. The third-order valence-electron chi connectivity index (χ3n) is 3.54. The van der Waals surface area contributed by atoms with Gasteiger partial charge >= 0.3 is 0 Å². The standard InChI is InChI=1S/C16H18N2O2S/c1-11-7-8-21-16(11)13-9-15(17)20-18(13)10-12-5-3-4-6-14(12)19-2/h3-9,13H,10,17H2,1-2H3. The predicted molar refractivity (Wildman–Crippen MR) is 83.7 cm³/mol. The Kier molecular flexibility index (Phi) is 3.86. The van der Waals surface area contributed by atoms with Gasteiger partial charge in [-0.15, -0.1) is 16.4 Å². The van der Waals surface area contributed by atoms with Gasteiger partial charge in [0.05, 0.1) is 13.7 Å². The fourth-order valence-corrected chi connectivity index (χ4v) is 3.49. The lowest BCUT2D eigenvalue weighted by molar-refractivity contribution is -0.127. The summed E-state index contributed by atoms with van der Waals surface area (Å²) in [5, 5.41) is 3.99. The Morgan fingerprint density at radius 1 is 1.33 bits per heavy atom. The molecule has 0 aliphatic carbocycles. The predicted octanol–water partition coefficient (Wildman–Crippen LogP) is 3.35. The van der Waals surface area contributed by atoms with Crippen LogP contribution in [-0.2, 0) is 11.4 Å². The van der Waals surface area contributed by atoms with E-state index in [0.29, 0.717) is 12.4 Å². The normalized spacial score (nSPS) is 18.4. The summed E-state index contributed by atoms with van der Waals surface area (Å²) in [6, 6.07) is 10.1. The second kappa shape index (κ2) is 5.79. The first-order valence-corrected chi connectivity index (χ1v) is 7.65. The van der Waals surface area contributed by atoms with E-state index in [2.05, 4.69) is 18.4 Å². The highest BCUT2D eigenvalue weighted by Gasteiger charge is 2.30. The number of hydroxylamine groups is 2. The molecule has 1 aromatic heterocycles. The van der Waals surface area contributed by atoms with Crippen molar-refractivity contribution in [3.05, 3.63) is 63.7 Å². The monoisotopic (exact) mass is 302 g/mol. The van der Waals surface area contributed by atoms with E-state index >= 15 is 0 Å². The Balaban J connectivity index is 1.86. The molecule has 4 nitrogen and oxygen atoms in total. The maximum absolute atomic E-state index is 5.87. The minimum Gasteiger partial charge on any atom is -0.496 e. The number of para-hydroxylation sites is 1. The molecule has 1 aliphatic heterocycles. The Bertz CT molecular complexity index is 666. The summed E-state index contributed by atoms with van der Waals surface area (Å²) in [6.45, 7) is 2.72. The van der Waals surface area contributed by atoms with Crippen molar-refractivity contribution in [2.75, 3.05) is 7.11 Å². The van der Waals surface area contributed by atoms with Crippen LogP contribution in [0.4, 0.5) is 0 Å². The van der Waals surface area contributed by atoms with Crippen molar-refractivity contribution in [3.63, 3.8) is 0 Å². The highest BCUT2D eigenvalue weighted by atomic mass is 32.1. The maximum Gasteiger partial charge on any atom is 0.207 e. The van der Waals surface area contributed by atoms with Crippen LogP contribution in [0.25, 0.3) is 0 Å². The van der Waals surface area contributed by atoms with Crippen LogP contribution in [0.1, 0.15) is 22.0 Å². The number of nitrogens with two attached hydrogens (primary N) is 1. The number of nitrogens with zero attached hydrogens (tertiary/aromatic N) is 1. The quantitative estimate of drug-likeness (QED) is 0.941. The molecule has 1 aromatic carbocycles. The lowest BCUT2D eigenvalue weighted by Crippen LogP contribution is -2.23. The number of benzene rings is 1. The van der Waals surface area contributed by atoms with Crippen LogP contribution in [0, 0.1) is 6.92 Å². The highest BCUT2D eigenvalue weighted by Crippen LogP contribution is 2.36. The van der Waals surface area contributed by atoms with Crippen LogP contribution >= 0.6 is 11.3 Å². The lowest BCUT2D eigenvalue weighted by atomic mass is 10.1. The summed E-state index contributed by atoms with van der Waals surface area (Å²) in [4.78, 5) is 6.93. The van der Waals surface area contributed by atoms with Crippen molar-refractivity contribution in [1.82, 2.24) is 5.06 Å². The summed E-state index contributed by atoms with van der Waals surface area (Å²) < 4.78 is 5.40. The minimum absolute atomic E-state index is 0.0508. The molecule has 21 heavy (non-hydrogen) atoms. The zero-order valence-electron chi connectivity index (χ0n) is 12.1. The van der Waals surface area contributed by atoms with Crippen LogP contribution in [0.2, 0.25) is 0 Å². The van der Waals surface area contributed by atoms with E-state index in [-0.39, 0.29) is 6.04 Å². The molecule has 5 heteroatoms. The average molecular weight is 302 g/mol. The van der Waals surface area contributed by atoms with Gasteiger partial charge in [0.1, 0.15) is 11.8 Å². The van der Waals surface area contributed by atoms with Gasteiger partial charge in [-0.25, -0.2) is 0 Å². The van der Waals surface area contributed by atoms with Crippen molar-refractivity contribution < 1.29 is 9.57 Å². The summed E-state index contributed by atoms with van der Waals surface area (Å²) >= 11 is 1.72. The Morgan fingerprint density at radius 3 is 2.86 bits per heavy atom. The highest BCUT2D eigenvalue weighted by molar-refractivity contribution is 7.10. The molecule has 1 aliphatic rings. The second-order valence-corrected chi connectivity index (χ2v) is 5.91. The second-order valence-electron chi connectivity index (χ2n) is 4.96. The Morgan fingerprint density at radius 2 is 2.14 bits per heavy atom. The average Bonchev–Trinajstić information content (AvgIpc) is 3.05. The zero-order chi connectivity index (χ0) is 14.8. The minimum atomic E-state index is 0.0508. The SMILES string of the molecule is COc1ccccc1CN1OC(N)=CC1c1sccc1C. The fourth-order valence-electron chi connectivity index (χ4n) is 2.49. The molecule has 0 fully saturated rings. The molecule has 2 aromatic rings. The molecule has 0 radical (unpaired) electrons. The molecule has 0 amide bonds. The van der Waals surface area contributed by atoms with Crippen LogP contribution in [-0.4, -0.2) is 12.2 Å². The van der Waals surface area contributed by atoms with Crippen molar-refractivity contribution in [2.24, 2.45) is 5.73 Å². The van der Waals surface area contributed by atoms with Crippen molar-refractivity contribution in [3.8, 4) is 5.75 Å². The first kappa shape index (κ1) is 14.0. The van der Waals surface area contributed by atoms with Gasteiger partial charge < -0.3 is 15.3 Å². The van der Waals surface area contributed by atoms with Crippen LogP contribution in [0.3, 0.4) is 0 Å². The van der Waals surface area contributed by atoms with Gasteiger partial charge in [0, 0.05) is 16.5 Å². The number of aryl methyl sites for hydroxylation is 1. The first-order chi connectivity index (χ1) is 10.2. The summed E-state index contributed by atoms with van der Waals surface area (Å²) in [5.41, 5.74) is 8.19. The number of ether oxygens (including phenoxy) is 1. The fraction of sp³-hybridized carbons (Fsp3) is 0.250. The number of rotatable bonds is 4. The molecule has 0 bridgehead atoms. The number of methoxy groups -OCH3 is 1. The number of hydrogen-bond acceptors (Lipinski definition) is 5. The van der Waals surface area contributed by atoms with E-state index < -0.39 is 0 Å². The third kappa shape index (κ3) is 2.75. The van der Waals surface area contributed by atoms with Gasteiger partial charge in [-0.3, -0.25) is 0 Å². The van der Waals surface area contributed by atoms with Gasteiger partial charge in [0.25, 0.3) is 0 Å². The number of hydrogen-bond donors (Lipinski definition) is 1. The summed E-state index contributed by atoms with van der Waals surface area (Å²) in [7, 11) is 1.68. The van der Waals surface area contributed by atoms with Gasteiger partial charge in [-0.05, 0) is 30.0 Å². The molecular weight excluding hydrogens is 284 g/mol. The topological polar surface area (TPSA) is 47.7 Å². The smallest absolute Gasteiger partial charge is 0.207 e. The molecule has 0 spiro atoms. The van der Waals surface area contributed by atoms with Crippen molar-refractivity contribution >= 4 is 11.3 Å². The molecule has 1 atom stereocenters. The molecule has 110 valence electrons. The largest absolute Gasteiger partial charge is 0.496 e. The molecule has 0 saturated heterocycles.